The fraction of sp³-hybridized carbons (Fsp3) is 0.429. The van der Waals surface area contributed by atoms with Gasteiger partial charge in [-0.1, -0.05) is 36.9 Å². The molecule has 1 atom stereocenters. The van der Waals surface area contributed by atoms with Crippen LogP contribution in [0.1, 0.15) is 42.4 Å². The van der Waals surface area contributed by atoms with Crippen LogP contribution in [0.15, 0.2) is 55.1 Å². The Labute approximate surface area is 218 Å². The minimum Gasteiger partial charge on any atom is -0.476 e. The van der Waals surface area contributed by atoms with Crippen molar-refractivity contribution in [3.05, 3.63) is 71.2 Å². The summed E-state index contributed by atoms with van der Waals surface area (Å²) in [5, 5.41) is 10.8. The van der Waals surface area contributed by atoms with E-state index in [9.17, 15) is 4.79 Å². The molecule has 3 N–H and O–H groups in total. The van der Waals surface area contributed by atoms with Crippen LogP contribution in [0.25, 0.3) is 16.0 Å². The summed E-state index contributed by atoms with van der Waals surface area (Å²) >= 11 is 1.67. The quantitative estimate of drug-likeness (QED) is 0.335. The molecular weight excluding hydrogens is 470 g/mol. The van der Waals surface area contributed by atoms with Crippen molar-refractivity contribution in [2.45, 2.75) is 38.8 Å². The highest BCUT2D eigenvalue weighted by Crippen LogP contribution is 2.40. The molecule has 1 aliphatic heterocycles. The van der Waals surface area contributed by atoms with Crippen LogP contribution in [0.3, 0.4) is 0 Å². The van der Waals surface area contributed by atoms with E-state index in [4.69, 9.17) is 9.72 Å². The van der Waals surface area contributed by atoms with E-state index in [0.29, 0.717) is 12.4 Å². The van der Waals surface area contributed by atoms with Gasteiger partial charge in [0, 0.05) is 57.1 Å². The van der Waals surface area contributed by atoms with Crippen LogP contribution in [0, 0.1) is 0 Å². The van der Waals surface area contributed by atoms with Gasteiger partial charge in [-0.2, -0.15) is 0 Å². The maximum atomic E-state index is 12.6. The molecule has 0 spiro atoms. The van der Waals surface area contributed by atoms with Crippen molar-refractivity contribution in [3.8, 4) is 10.4 Å². The Balaban J connectivity index is 1.51. The molecule has 1 aromatic heterocycles. The number of fused-ring (bicyclic) bond motifs is 1. The third kappa shape index (κ3) is 6.24. The monoisotopic (exact) mass is 507 g/mol. The van der Waals surface area contributed by atoms with Crippen molar-refractivity contribution < 1.29 is 9.53 Å². The molecule has 0 unspecified atom stereocenters. The first-order valence-corrected chi connectivity index (χ1v) is 13.5. The minimum absolute atomic E-state index is 0.0705. The second-order valence-electron chi connectivity index (χ2n) is 9.29. The molecule has 0 bridgehead atoms. The van der Waals surface area contributed by atoms with Crippen LogP contribution >= 0.6 is 11.3 Å². The second-order valence-corrected chi connectivity index (χ2v) is 10.3. The Kier molecular flexibility index (Phi) is 8.96. The van der Waals surface area contributed by atoms with Crippen LogP contribution in [0.5, 0.6) is 0 Å². The Bertz CT molecular complexity index is 1130. The van der Waals surface area contributed by atoms with Crippen molar-refractivity contribution in [3.63, 3.8) is 0 Å². The van der Waals surface area contributed by atoms with Gasteiger partial charge >= 0.3 is 0 Å². The number of rotatable bonds is 10. The highest BCUT2D eigenvalue weighted by molar-refractivity contribution is 7.16. The number of benzene rings is 1. The molecule has 2 heterocycles. The lowest BCUT2D eigenvalue weighted by Gasteiger charge is -2.28. The number of ether oxygens (including phenoxy) is 1. The van der Waals surface area contributed by atoms with Crippen molar-refractivity contribution in [1.82, 2.24) is 25.8 Å². The Morgan fingerprint density at radius 1 is 1.36 bits per heavy atom. The normalized spacial score (nSPS) is 18.3. The molecule has 7 nitrogen and oxygen atoms in total. The lowest BCUT2D eigenvalue weighted by Crippen LogP contribution is -2.49. The molecule has 4 rings (SSSR count). The predicted octanol–water partition coefficient (Wildman–Crippen LogP) is 3.87. The van der Waals surface area contributed by atoms with Crippen LogP contribution in [0.2, 0.25) is 0 Å². The zero-order valence-corrected chi connectivity index (χ0v) is 22.3. The van der Waals surface area contributed by atoms with E-state index in [-0.39, 0.29) is 18.1 Å². The maximum Gasteiger partial charge on any atom is 0.236 e. The van der Waals surface area contributed by atoms with Crippen LogP contribution < -0.4 is 16.0 Å². The Morgan fingerprint density at radius 3 is 2.89 bits per heavy atom. The molecule has 0 radical (unpaired) electrons. The standard InChI is InChI=1S/C28H37N5O2S/c1-5-7-20(16-26(29-4)35-19(2)3)28-32-17-25(36-28)23-9-6-8-22-21(23)10-11-24(22)31-18-27(34)33-14-12-30-13-15-33/h5-9,16-17,19,24,29-31H,1,10-15,18H2,2-4H3/b20-7+,26-16-/t24-/m0/s1. The number of allylic oxidation sites excluding steroid dienone is 4. The molecule has 1 amide bonds. The van der Waals surface area contributed by atoms with Crippen molar-refractivity contribution in [1.29, 1.82) is 0 Å². The Hall–Kier alpha value is -2.94. The average Bonchev–Trinajstić information content (AvgIpc) is 3.54. The number of piperazine rings is 1. The summed E-state index contributed by atoms with van der Waals surface area (Å²) in [5.74, 6) is 0.880. The SMILES string of the molecule is C=C/C=C(\C=C(\NC)OC(C)C)c1ncc(-c2cccc3c2CC[C@@H]3NCC(=O)N2CCNCC2)s1. The molecule has 1 aromatic carbocycles. The first-order chi connectivity index (χ1) is 17.5. The maximum absolute atomic E-state index is 12.6. The first-order valence-electron chi connectivity index (χ1n) is 12.7. The predicted molar refractivity (Wildman–Crippen MR) is 148 cm³/mol. The van der Waals surface area contributed by atoms with Crippen LogP contribution in [0.4, 0.5) is 0 Å². The number of hydrogen-bond acceptors (Lipinski definition) is 7. The van der Waals surface area contributed by atoms with Gasteiger partial charge in [-0.25, -0.2) is 4.98 Å². The van der Waals surface area contributed by atoms with Gasteiger partial charge < -0.3 is 25.6 Å². The molecule has 1 saturated heterocycles. The second kappa shape index (κ2) is 12.3. The van der Waals surface area contributed by atoms with E-state index in [2.05, 4.69) is 40.7 Å². The number of carbonyl (C=O) groups is 1. The topological polar surface area (TPSA) is 78.5 Å². The summed E-state index contributed by atoms with van der Waals surface area (Å²) in [7, 11) is 1.85. The highest BCUT2D eigenvalue weighted by Gasteiger charge is 2.27. The van der Waals surface area contributed by atoms with Gasteiger partial charge in [0.25, 0.3) is 0 Å². The molecule has 1 fully saturated rings. The van der Waals surface area contributed by atoms with Gasteiger partial charge in [0.2, 0.25) is 5.91 Å². The molecule has 2 aliphatic rings. The van der Waals surface area contributed by atoms with E-state index in [1.54, 1.807) is 17.4 Å². The first kappa shape index (κ1) is 26.1. The van der Waals surface area contributed by atoms with Crippen molar-refractivity contribution >= 4 is 22.8 Å². The highest BCUT2D eigenvalue weighted by atomic mass is 32.1. The molecule has 36 heavy (non-hydrogen) atoms. The lowest BCUT2D eigenvalue weighted by molar-refractivity contribution is -0.130. The number of aromatic nitrogens is 1. The summed E-state index contributed by atoms with van der Waals surface area (Å²) in [6, 6.07) is 6.68. The average molecular weight is 508 g/mol. The summed E-state index contributed by atoms with van der Waals surface area (Å²) in [4.78, 5) is 20.5. The summed E-state index contributed by atoms with van der Waals surface area (Å²) in [6.45, 7) is 11.6. The Morgan fingerprint density at radius 2 is 2.17 bits per heavy atom. The van der Waals surface area contributed by atoms with Gasteiger partial charge in [-0.05, 0) is 43.4 Å². The number of thiazole rings is 1. The third-order valence-electron chi connectivity index (χ3n) is 6.45. The van der Waals surface area contributed by atoms with Crippen molar-refractivity contribution in [2.24, 2.45) is 0 Å². The van der Waals surface area contributed by atoms with Crippen LogP contribution in [-0.2, 0) is 16.0 Å². The van der Waals surface area contributed by atoms with Crippen molar-refractivity contribution in [2.75, 3.05) is 39.8 Å². The number of nitrogens with zero attached hydrogens (tertiary/aromatic N) is 2. The fourth-order valence-electron chi connectivity index (χ4n) is 4.73. The summed E-state index contributed by atoms with van der Waals surface area (Å²) in [6.07, 6.45) is 9.70. The third-order valence-corrected chi connectivity index (χ3v) is 7.53. The minimum atomic E-state index is 0.0705. The van der Waals surface area contributed by atoms with E-state index in [0.717, 1.165) is 54.5 Å². The zero-order chi connectivity index (χ0) is 25.5. The van der Waals surface area contributed by atoms with Gasteiger partial charge in [0.05, 0.1) is 17.5 Å². The van der Waals surface area contributed by atoms with Gasteiger partial charge in [0.15, 0.2) is 5.88 Å². The van der Waals surface area contributed by atoms with E-state index in [1.165, 1.54) is 16.7 Å². The van der Waals surface area contributed by atoms with Gasteiger partial charge in [-0.3, -0.25) is 4.79 Å². The summed E-state index contributed by atoms with van der Waals surface area (Å²) in [5.41, 5.74) is 4.82. The molecule has 1 aliphatic carbocycles. The number of amides is 1. The van der Waals surface area contributed by atoms with Gasteiger partial charge in [0.1, 0.15) is 5.01 Å². The largest absolute Gasteiger partial charge is 0.476 e. The number of nitrogens with one attached hydrogen (secondary N) is 3. The summed E-state index contributed by atoms with van der Waals surface area (Å²) < 4.78 is 5.85. The van der Waals surface area contributed by atoms with Gasteiger partial charge in [-0.15, -0.1) is 11.3 Å². The molecule has 192 valence electrons. The van der Waals surface area contributed by atoms with Crippen LogP contribution in [-0.4, -0.2) is 61.7 Å². The number of carbonyl (C=O) groups excluding carboxylic acids is 1. The van der Waals surface area contributed by atoms with E-state index < -0.39 is 0 Å². The molecule has 8 heteroatoms. The lowest BCUT2D eigenvalue weighted by atomic mass is 10.0. The molecule has 2 aromatic rings. The van der Waals surface area contributed by atoms with E-state index in [1.807, 2.05) is 44.1 Å². The molecular formula is C28H37N5O2S. The number of hydrogen-bond donors (Lipinski definition) is 3. The van der Waals surface area contributed by atoms with E-state index >= 15 is 0 Å². The zero-order valence-electron chi connectivity index (χ0n) is 21.5. The fourth-order valence-corrected chi connectivity index (χ4v) is 5.70. The smallest absolute Gasteiger partial charge is 0.236 e. The molecule has 0 saturated carbocycles.